The fraction of sp³-hybridized carbons (Fsp3) is 0.115. The summed E-state index contributed by atoms with van der Waals surface area (Å²) in [5.74, 6) is -0.810. The van der Waals surface area contributed by atoms with Gasteiger partial charge in [0.05, 0.1) is 24.1 Å². The fourth-order valence-corrected chi connectivity index (χ4v) is 4.11. The number of ether oxygens (including phenoxy) is 2. The number of carbonyl (C=O) groups is 3. The number of halogens is 1. The van der Waals surface area contributed by atoms with E-state index in [1.54, 1.807) is 36.4 Å². The molecule has 34 heavy (non-hydrogen) atoms. The van der Waals surface area contributed by atoms with Gasteiger partial charge in [0.2, 0.25) is 0 Å². The van der Waals surface area contributed by atoms with Crippen LogP contribution in [0.4, 0.5) is 9.18 Å². The summed E-state index contributed by atoms with van der Waals surface area (Å²) in [7, 11) is 1.44. The van der Waals surface area contributed by atoms with E-state index in [1.807, 2.05) is 19.1 Å². The Morgan fingerprint density at radius 1 is 1.00 bits per heavy atom. The predicted molar refractivity (Wildman–Crippen MR) is 127 cm³/mol. The molecule has 0 saturated carbocycles. The lowest BCUT2D eigenvalue weighted by Gasteiger charge is -2.12. The van der Waals surface area contributed by atoms with Crippen LogP contribution in [0.25, 0.3) is 6.08 Å². The first-order valence-corrected chi connectivity index (χ1v) is 11.1. The van der Waals surface area contributed by atoms with E-state index in [2.05, 4.69) is 0 Å². The first-order valence-electron chi connectivity index (χ1n) is 10.3. The molecule has 0 aliphatic carbocycles. The van der Waals surface area contributed by atoms with Gasteiger partial charge in [0.25, 0.3) is 11.1 Å². The molecule has 0 bridgehead atoms. The molecule has 3 aromatic rings. The number of thioether (sulfide) groups is 1. The first-order chi connectivity index (χ1) is 16.3. The number of methoxy groups -OCH3 is 1. The number of aryl methyl sites for hydroxylation is 1. The highest BCUT2D eigenvalue weighted by atomic mass is 32.2. The van der Waals surface area contributed by atoms with Gasteiger partial charge in [-0.05, 0) is 72.3 Å². The second kappa shape index (κ2) is 9.93. The molecule has 0 radical (unpaired) electrons. The molecule has 1 saturated heterocycles. The standard InChI is InChI=1S/C26H20FNO5S/c1-16-3-8-19(9-4-16)25(30)33-21-12-7-18(13-22(21)32-2)14-23-24(29)28(26(31)34-23)15-17-5-10-20(27)11-6-17/h3-14H,15H2,1-2H3/b23-14-. The van der Waals surface area contributed by atoms with Gasteiger partial charge in [-0.2, -0.15) is 0 Å². The van der Waals surface area contributed by atoms with Crippen molar-refractivity contribution in [3.8, 4) is 11.5 Å². The quantitative estimate of drug-likeness (QED) is 0.262. The highest BCUT2D eigenvalue weighted by Gasteiger charge is 2.35. The summed E-state index contributed by atoms with van der Waals surface area (Å²) in [6, 6.07) is 17.5. The minimum Gasteiger partial charge on any atom is -0.493 e. The second-order valence-corrected chi connectivity index (χ2v) is 8.55. The molecule has 0 spiro atoms. The van der Waals surface area contributed by atoms with E-state index < -0.39 is 17.1 Å². The smallest absolute Gasteiger partial charge is 0.343 e. The van der Waals surface area contributed by atoms with Crippen LogP contribution in [0.2, 0.25) is 0 Å². The van der Waals surface area contributed by atoms with Crippen molar-refractivity contribution in [1.29, 1.82) is 0 Å². The first kappa shape index (κ1) is 23.3. The van der Waals surface area contributed by atoms with E-state index in [4.69, 9.17) is 9.47 Å². The average Bonchev–Trinajstić information content (AvgIpc) is 3.09. The third-order valence-electron chi connectivity index (χ3n) is 5.10. The van der Waals surface area contributed by atoms with Gasteiger partial charge < -0.3 is 9.47 Å². The normalized spacial score (nSPS) is 14.6. The second-order valence-electron chi connectivity index (χ2n) is 7.56. The number of carbonyl (C=O) groups excluding carboxylic acids is 3. The molecule has 1 aliphatic heterocycles. The zero-order chi connectivity index (χ0) is 24.2. The van der Waals surface area contributed by atoms with Crippen LogP contribution in [0, 0.1) is 12.7 Å². The number of hydrogen-bond donors (Lipinski definition) is 0. The molecule has 0 unspecified atom stereocenters. The molecule has 172 valence electrons. The van der Waals surface area contributed by atoms with Crippen molar-refractivity contribution in [2.24, 2.45) is 0 Å². The maximum Gasteiger partial charge on any atom is 0.343 e. The van der Waals surface area contributed by atoms with Gasteiger partial charge in [0, 0.05) is 0 Å². The van der Waals surface area contributed by atoms with Crippen molar-refractivity contribution in [2.75, 3.05) is 7.11 Å². The molecule has 3 aromatic carbocycles. The number of imide groups is 1. The van der Waals surface area contributed by atoms with Gasteiger partial charge in [-0.1, -0.05) is 35.9 Å². The van der Waals surface area contributed by atoms with Crippen molar-refractivity contribution in [3.05, 3.63) is 99.7 Å². The summed E-state index contributed by atoms with van der Waals surface area (Å²) in [5.41, 5.74) is 2.68. The molecular formula is C26H20FNO5S. The monoisotopic (exact) mass is 477 g/mol. The minimum absolute atomic E-state index is 0.0551. The highest BCUT2D eigenvalue weighted by Crippen LogP contribution is 2.35. The maximum atomic E-state index is 13.1. The molecule has 1 fully saturated rings. The summed E-state index contributed by atoms with van der Waals surface area (Å²) >= 11 is 0.824. The van der Waals surface area contributed by atoms with E-state index in [0.717, 1.165) is 22.2 Å². The van der Waals surface area contributed by atoms with E-state index in [0.29, 0.717) is 22.4 Å². The van der Waals surface area contributed by atoms with Crippen LogP contribution in [-0.2, 0) is 11.3 Å². The van der Waals surface area contributed by atoms with E-state index in [1.165, 1.54) is 31.4 Å². The zero-order valence-corrected chi connectivity index (χ0v) is 19.2. The Kier molecular flexibility index (Phi) is 6.79. The molecule has 4 rings (SSSR count). The highest BCUT2D eigenvalue weighted by molar-refractivity contribution is 8.18. The van der Waals surface area contributed by atoms with Gasteiger partial charge in [0.15, 0.2) is 11.5 Å². The molecule has 0 atom stereocenters. The molecule has 8 heteroatoms. The molecular weight excluding hydrogens is 457 g/mol. The van der Waals surface area contributed by atoms with Crippen LogP contribution < -0.4 is 9.47 Å². The van der Waals surface area contributed by atoms with Crippen LogP contribution >= 0.6 is 11.8 Å². The summed E-state index contributed by atoms with van der Waals surface area (Å²) < 4.78 is 23.9. The predicted octanol–water partition coefficient (Wildman–Crippen LogP) is 5.60. The van der Waals surface area contributed by atoms with E-state index >= 15 is 0 Å². The number of esters is 1. The average molecular weight is 478 g/mol. The van der Waals surface area contributed by atoms with Gasteiger partial charge in [-0.15, -0.1) is 0 Å². The number of amides is 2. The Labute approximate surface area is 200 Å². The summed E-state index contributed by atoms with van der Waals surface area (Å²) in [6.07, 6.45) is 1.57. The van der Waals surface area contributed by atoms with Gasteiger partial charge in [0.1, 0.15) is 5.82 Å². The molecule has 6 nitrogen and oxygen atoms in total. The molecule has 2 amide bonds. The Morgan fingerprint density at radius 2 is 1.71 bits per heavy atom. The van der Waals surface area contributed by atoms with Gasteiger partial charge in [-0.3, -0.25) is 14.5 Å². The Balaban J connectivity index is 1.50. The summed E-state index contributed by atoms with van der Waals surface area (Å²) in [4.78, 5) is 39.0. The largest absolute Gasteiger partial charge is 0.493 e. The van der Waals surface area contributed by atoms with Crippen molar-refractivity contribution in [1.82, 2.24) is 4.90 Å². The minimum atomic E-state index is -0.520. The van der Waals surface area contributed by atoms with Crippen molar-refractivity contribution in [3.63, 3.8) is 0 Å². The van der Waals surface area contributed by atoms with Crippen LogP contribution in [0.5, 0.6) is 11.5 Å². The van der Waals surface area contributed by atoms with Crippen LogP contribution in [0.3, 0.4) is 0 Å². The number of rotatable bonds is 6. The topological polar surface area (TPSA) is 72.9 Å². The Hall–Kier alpha value is -3.91. The molecule has 1 heterocycles. The molecule has 1 aliphatic rings. The molecule has 0 N–H and O–H groups in total. The Bertz CT molecular complexity index is 1290. The maximum absolute atomic E-state index is 13.1. The zero-order valence-electron chi connectivity index (χ0n) is 18.4. The Morgan fingerprint density at radius 3 is 2.38 bits per heavy atom. The van der Waals surface area contributed by atoms with Crippen LogP contribution in [0.15, 0.2) is 71.6 Å². The van der Waals surface area contributed by atoms with Crippen molar-refractivity contribution < 1.29 is 28.2 Å². The SMILES string of the molecule is COc1cc(/C=C2\SC(=O)N(Cc3ccc(F)cc3)C2=O)ccc1OC(=O)c1ccc(C)cc1. The van der Waals surface area contributed by atoms with Gasteiger partial charge >= 0.3 is 5.97 Å². The lowest BCUT2D eigenvalue weighted by atomic mass is 10.1. The van der Waals surface area contributed by atoms with E-state index in [9.17, 15) is 18.8 Å². The number of nitrogens with zero attached hydrogens (tertiary/aromatic N) is 1. The summed E-state index contributed by atoms with van der Waals surface area (Å²) in [5, 5.41) is -0.406. The lowest BCUT2D eigenvalue weighted by molar-refractivity contribution is -0.123. The number of benzene rings is 3. The van der Waals surface area contributed by atoms with Crippen LogP contribution in [0.1, 0.15) is 27.0 Å². The fourth-order valence-electron chi connectivity index (χ4n) is 3.27. The lowest BCUT2D eigenvalue weighted by Crippen LogP contribution is -2.27. The third kappa shape index (κ3) is 5.18. The third-order valence-corrected chi connectivity index (χ3v) is 6.01. The van der Waals surface area contributed by atoms with Crippen molar-refractivity contribution in [2.45, 2.75) is 13.5 Å². The number of hydrogen-bond acceptors (Lipinski definition) is 6. The van der Waals surface area contributed by atoms with Crippen molar-refractivity contribution >= 4 is 35.0 Å². The van der Waals surface area contributed by atoms with Gasteiger partial charge in [-0.25, -0.2) is 9.18 Å². The summed E-state index contributed by atoms with van der Waals surface area (Å²) in [6.45, 7) is 1.98. The van der Waals surface area contributed by atoms with E-state index in [-0.39, 0.29) is 23.0 Å². The molecule has 0 aromatic heterocycles. The van der Waals surface area contributed by atoms with Crippen LogP contribution in [-0.4, -0.2) is 29.1 Å².